The van der Waals surface area contributed by atoms with E-state index in [0.29, 0.717) is 16.6 Å². The van der Waals surface area contributed by atoms with Gasteiger partial charge in [-0.1, -0.05) is 47.6 Å². The van der Waals surface area contributed by atoms with E-state index >= 15 is 0 Å². The van der Waals surface area contributed by atoms with Crippen molar-refractivity contribution < 1.29 is 18.5 Å². The predicted octanol–water partition coefficient (Wildman–Crippen LogP) is 3.90. The second-order valence-corrected chi connectivity index (χ2v) is 7.53. The second-order valence-electron chi connectivity index (χ2n) is 7.53. The van der Waals surface area contributed by atoms with Crippen LogP contribution in [0.2, 0.25) is 0 Å². The number of amides is 2. The molecule has 7 nitrogen and oxygen atoms in total. The Bertz CT molecular complexity index is 1300. The molecule has 4 rings (SSSR count). The fourth-order valence-electron chi connectivity index (χ4n) is 3.48. The fourth-order valence-corrected chi connectivity index (χ4v) is 3.48. The molecule has 32 heavy (non-hydrogen) atoms. The smallest absolute Gasteiger partial charge is 0.259 e. The van der Waals surface area contributed by atoms with E-state index < -0.39 is 17.8 Å². The number of hydrogen-bond donors (Lipinski definition) is 1. The standard InChI is InChI=1S/C24H21FN4O3/c1-14-20-17(13-19(26-23(20)32-28-14)16-11-7-8-12-18(16)25)22(30)27-21(24(31)29(2)3)15-9-5-4-6-10-15/h4-13,21H,1-3H3,(H,27,30)/t21-/m1/s1. The van der Waals surface area contributed by atoms with Gasteiger partial charge in [0.25, 0.3) is 11.6 Å². The lowest BCUT2D eigenvalue weighted by atomic mass is 10.0. The Morgan fingerprint density at radius 2 is 1.75 bits per heavy atom. The van der Waals surface area contributed by atoms with Crippen LogP contribution in [0.1, 0.15) is 27.7 Å². The number of nitrogens with zero attached hydrogens (tertiary/aromatic N) is 3. The summed E-state index contributed by atoms with van der Waals surface area (Å²) in [5, 5.41) is 7.13. The number of likely N-dealkylation sites (N-methyl/N-ethyl adjacent to an activating group) is 1. The van der Waals surface area contributed by atoms with E-state index in [-0.39, 0.29) is 28.4 Å². The maximum atomic E-state index is 14.4. The minimum atomic E-state index is -0.904. The third kappa shape index (κ3) is 3.94. The van der Waals surface area contributed by atoms with Crippen LogP contribution >= 0.6 is 0 Å². The van der Waals surface area contributed by atoms with Gasteiger partial charge in [0, 0.05) is 19.7 Å². The molecule has 1 N–H and O–H groups in total. The Balaban J connectivity index is 1.81. The van der Waals surface area contributed by atoms with Crippen LogP contribution in [0, 0.1) is 12.7 Å². The molecule has 2 aromatic carbocycles. The van der Waals surface area contributed by atoms with Gasteiger partial charge in [0.1, 0.15) is 11.9 Å². The first kappa shape index (κ1) is 21.2. The number of benzene rings is 2. The van der Waals surface area contributed by atoms with Crippen LogP contribution in [-0.2, 0) is 4.79 Å². The molecule has 0 aliphatic rings. The minimum Gasteiger partial charge on any atom is -0.347 e. The van der Waals surface area contributed by atoms with Crippen molar-refractivity contribution in [1.29, 1.82) is 0 Å². The average molecular weight is 432 g/mol. The van der Waals surface area contributed by atoms with Crippen molar-refractivity contribution in [2.75, 3.05) is 14.1 Å². The molecule has 2 heterocycles. The van der Waals surface area contributed by atoms with Gasteiger partial charge in [-0.2, -0.15) is 0 Å². The molecular weight excluding hydrogens is 411 g/mol. The summed E-state index contributed by atoms with van der Waals surface area (Å²) in [5.41, 5.74) is 1.87. The number of pyridine rings is 1. The maximum Gasteiger partial charge on any atom is 0.259 e. The molecule has 162 valence electrons. The molecular formula is C24H21FN4O3. The summed E-state index contributed by atoms with van der Waals surface area (Å²) < 4.78 is 19.7. The zero-order chi connectivity index (χ0) is 22.8. The Hall–Kier alpha value is -4.07. The van der Waals surface area contributed by atoms with Gasteiger partial charge in [-0.05, 0) is 30.7 Å². The van der Waals surface area contributed by atoms with Crippen molar-refractivity contribution in [3.05, 3.63) is 83.3 Å². The van der Waals surface area contributed by atoms with Crippen molar-refractivity contribution in [2.24, 2.45) is 0 Å². The molecule has 1 atom stereocenters. The third-order valence-corrected chi connectivity index (χ3v) is 5.11. The molecule has 0 bridgehead atoms. The number of halogens is 1. The summed E-state index contributed by atoms with van der Waals surface area (Å²) in [7, 11) is 3.24. The van der Waals surface area contributed by atoms with Crippen LogP contribution in [-0.4, -0.2) is 41.0 Å². The number of rotatable bonds is 5. The van der Waals surface area contributed by atoms with E-state index in [4.69, 9.17) is 4.52 Å². The summed E-state index contributed by atoms with van der Waals surface area (Å²) in [5.74, 6) is -1.29. The second kappa shape index (κ2) is 8.58. The van der Waals surface area contributed by atoms with E-state index in [0.717, 1.165) is 0 Å². The van der Waals surface area contributed by atoms with Crippen molar-refractivity contribution in [2.45, 2.75) is 13.0 Å². The largest absolute Gasteiger partial charge is 0.347 e. The van der Waals surface area contributed by atoms with Crippen LogP contribution < -0.4 is 5.32 Å². The third-order valence-electron chi connectivity index (χ3n) is 5.11. The summed E-state index contributed by atoms with van der Waals surface area (Å²) in [6, 6.07) is 15.7. The summed E-state index contributed by atoms with van der Waals surface area (Å²) in [6.45, 7) is 1.69. The lowest BCUT2D eigenvalue weighted by Gasteiger charge is -2.22. The Labute approximate surface area is 183 Å². The number of fused-ring (bicyclic) bond motifs is 1. The minimum absolute atomic E-state index is 0.114. The van der Waals surface area contributed by atoms with E-state index in [1.54, 1.807) is 63.5 Å². The Morgan fingerprint density at radius 3 is 2.44 bits per heavy atom. The zero-order valence-corrected chi connectivity index (χ0v) is 17.8. The van der Waals surface area contributed by atoms with Gasteiger partial charge < -0.3 is 14.7 Å². The van der Waals surface area contributed by atoms with Crippen LogP contribution in [0.3, 0.4) is 0 Å². The molecule has 2 aromatic heterocycles. The van der Waals surface area contributed by atoms with Crippen molar-refractivity contribution in [1.82, 2.24) is 20.4 Å². The van der Waals surface area contributed by atoms with Crippen LogP contribution in [0.5, 0.6) is 0 Å². The molecule has 0 saturated carbocycles. The fraction of sp³-hybridized carbons (Fsp3) is 0.167. The number of nitrogens with one attached hydrogen (secondary N) is 1. The first-order valence-electron chi connectivity index (χ1n) is 9.95. The molecule has 4 aromatic rings. The van der Waals surface area contributed by atoms with Crippen molar-refractivity contribution in [3.8, 4) is 11.3 Å². The number of aromatic nitrogens is 2. The molecule has 8 heteroatoms. The zero-order valence-electron chi connectivity index (χ0n) is 17.8. The predicted molar refractivity (Wildman–Crippen MR) is 117 cm³/mol. The molecule has 0 aliphatic heterocycles. The van der Waals surface area contributed by atoms with Gasteiger partial charge in [0.15, 0.2) is 0 Å². The van der Waals surface area contributed by atoms with Crippen molar-refractivity contribution in [3.63, 3.8) is 0 Å². The number of carbonyl (C=O) groups is 2. The molecule has 0 fully saturated rings. The summed E-state index contributed by atoms with van der Waals surface area (Å²) in [6.07, 6.45) is 0. The average Bonchev–Trinajstić information content (AvgIpc) is 3.17. The Kier molecular flexibility index (Phi) is 5.68. The molecule has 0 saturated heterocycles. The molecule has 0 radical (unpaired) electrons. The molecule has 2 amide bonds. The monoisotopic (exact) mass is 432 g/mol. The van der Waals surface area contributed by atoms with Gasteiger partial charge in [-0.15, -0.1) is 0 Å². The van der Waals surface area contributed by atoms with Gasteiger partial charge in [0.2, 0.25) is 5.91 Å². The SMILES string of the molecule is Cc1noc2nc(-c3ccccc3F)cc(C(=O)N[C@@H](C(=O)N(C)C)c3ccccc3)c12. The first-order valence-corrected chi connectivity index (χ1v) is 9.95. The van der Waals surface area contributed by atoms with Gasteiger partial charge in [-0.3, -0.25) is 9.59 Å². The van der Waals surface area contributed by atoms with Crippen molar-refractivity contribution >= 4 is 22.9 Å². The highest BCUT2D eigenvalue weighted by Gasteiger charge is 2.27. The lowest BCUT2D eigenvalue weighted by Crippen LogP contribution is -2.40. The summed E-state index contributed by atoms with van der Waals surface area (Å²) >= 11 is 0. The maximum absolute atomic E-state index is 14.4. The quantitative estimate of drug-likeness (QED) is 0.517. The van der Waals surface area contributed by atoms with Gasteiger partial charge >= 0.3 is 0 Å². The number of hydrogen-bond acceptors (Lipinski definition) is 5. The van der Waals surface area contributed by atoms with Crippen LogP contribution in [0.4, 0.5) is 4.39 Å². The highest BCUT2D eigenvalue weighted by molar-refractivity contribution is 6.08. The highest BCUT2D eigenvalue weighted by atomic mass is 19.1. The van der Waals surface area contributed by atoms with E-state index in [9.17, 15) is 14.0 Å². The number of carbonyl (C=O) groups excluding carboxylic acids is 2. The van der Waals surface area contributed by atoms with E-state index in [2.05, 4.69) is 15.5 Å². The molecule has 0 spiro atoms. The first-order chi connectivity index (χ1) is 15.4. The Morgan fingerprint density at radius 1 is 1.06 bits per heavy atom. The van der Waals surface area contributed by atoms with Gasteiger partial charge in [0.05, 0.1) is 22.3 Å². The molecule has 0 aliphatic carbocycles. The van der Waals surface area contributed by atoms with Gasteiger partial charge in [-0.25, -0.2) is 9.37 Å². The lowest BCUT2D eigenvalue weighted by molar-refractivity contribution is -0.130. The summed E-state index contributed by atoms with van der Waals surface area (Å²) in [4.78, 5) is 32.0. The topological polar surface area (TPSA) is 88.3 Å². The molecule has 0 unspecified atom stereocenters. The van der Waals surface area contributed by atoms with E-state index in [1.807, 2.05) is 6.07 Å². The van der Waals surface area contributed by atoms with E-state index in [1.165, 1.54) is 17.0 Å². The number of aryl methyl sites for hydroxylation is 1. The normalized spacial score (nSPS) is 11.9. The highest BCUT2D eigenvalue weighted by Crippen LogP contribution is 2.29. The van der Waals surface area contributed by atoms with Crippen LogP contribution in [0.25, 0.3) is 22.4 Å². The van der Waals surface area contributed by atoms with Crippen LogP contribution in [0.15, 0.2) is 65.2 Å².